The van der Waals surface area contributed by atoms with E-state index in [0.717, 1.165) is 16.0 Å². The number of hydrogen-bond acceptors (Lipinski definition) is 5. The van der Waals surface area contributed by atoms with Crippen LogP contribution >= 0.6 is 11.3 Å². The Hall–Kier alpha value is -3.00. The highest BCUT2D eigenvalue weighted by atomic mass is 32.1. The van der Waals surface area contributed by atoms with Crippen LogP contribution in [0.25, 0.3) is 10.2 Å². The van der Waals surface area contributed by atoms with Gasteiger partial charge in [-0.1, -0.05) is 17.7 Å². The molecule has 152 valence electrons. The number of carbonyl (C=O) groups is 2. The predicted octanol–water partition coefficient (Wildman–Crippen LogP) is 2.94. The lowest BCUT2D eigenvalue weighted by Crippen LogP contribution is -2.35. The fourth-order valence-corrected chi connectivity index (χ4v) is 4.02. The normalized spacial score (nSPS) is 10.9. The summed E-state index contributed by atoms with van der Waals surface area (Å²) in [4.78, 5) is 47.2. The molecule has 2 amide bonds. The van der Waals surface area contributed by atoms with Gasteiger partial charge in [-0.05, 0) is 38.5 Å². The molecule has 0 aliphatic heterocycles. The number of thiophene rings is 1. The van der Waals surface area contributed by atoms with Crippen LogP contribution in [-0.2, 0) is 16.0 Å². The van der Waals surface area contributed by atoms with Gasteiger partial charge in [-0.15, -0.1) is 11.3 Å². The Morgan fingerprint density at radius 2 is 1.86 bits per heavy atom. The zero-order valence-corrected chi connectivity index (χ0v) is 17.8. The molecule has 2 aromatic heterocycles. The van der Waals surface area contributed by atoms with Crippen LogP contribution < -0.4 is 10.9 Å². The summed E-state index contributed by atoms with van der Waals surface area (Å²) in [6, 6.07) is 7.46. The average molecular weight is 413 g/mol. The number of rotatable bonds is 6. The van der Waals surface area contributed by atoms with Crippen molar-refractivity contribution >= 4 is 39.1 Å². The largest absolute Gasteiger partial charge is 0.336 e. The molecule has 0 saturated carbocycles. The molecule has 0 bridgehead atoms. The van der Waals surface area contributed by atoms with Crippen molar-refractivity contribution in [1.82, 2.24) is 14.9 Å². The van der Waals surface area contributed by atoms with Gasteiger partial charge in [0.1, 0.15) is 10.7 Å². The molecule has 0 fully saturated rings. The number of anilines is 1. The van der Waals surface area contributed by atoms with Gasteiger partial charge < -0.3 is 15.2 Å². The fourth-order valence-electron chi connectivity index (χ4n) is 2.97. The summed E-state index contributed by atoms with van der Waals surface area (Å²) in [5, 5.41) is 3.39. The number of likely N-dealkylation sites (N-methyl/N-ethyl adjacent to an activating group) is 1. The first-order valence-electron chi connectivity index (χ1n) is 9.34. The second kappa shape index (κ2) is 8.57. The van der Waals surface area contributed by atoms with Crippen LogP contribution in [0.15, 0.2) is 29.1 Å². The SMILES string of the molecule is Cc1ccc(NC(=O)CN(C)C(=O)CCc2nc3sc(C)c(C)c3c(=O)[nH]2)cc1. The molecule has 0 radical (unpaired) electrons. The maximum absolute atomic E-state index is 12.4. The third-order valence-corrected chi connectivity index (χ3v) is 5.91. The molecule has 0 spiro atoms. The van der Waals surface area contributed by atoms with Gasteiger partial charge in [0.05, 0.1) is 11.9 Å². The lowest BCUT2D eigenvalue weighted by atomic mass is 10.2. The summed E-state index contributed by atoms with van der Waals surface area (Å²) in [7, 11) is 1.59. The molecular formula is C21H24N4O3S. The second-order valence-electron chi connectivity index (χ2n) is 7.14. The molecule has 29 heavy (non-hydrogen) atoms. The highest BCUT2D eigenvalue weighted by Gasteiger charge is 2.16. The Morgan fingerprint density at radius 3 is 2.55 bits per heavy atom. The summed E-state index contributed by atoms with van der Waals surface area (Å²) in [5.41, 5.74) is 2.57. The standard InChI is InChI=1S/C21H24N4O3S/c1-12-5-7-15(8-6-12)22-17(26)11-25(4)18(27)10-9-16-23-20(28)19-13(2)14(3)29-21(19)24-16/h5-8H,9-11H2,1-4H3,(H,22,26)(H,23,24,28). The Morgan fingerprint density at radius 1 is 1.17 bits per heavy atom. The van der Waals surface area contributed by atoms with Crippen molar-refractivity contribution in [2.45, 2.75) is 33.6 Å². The highest BCUT2D eigenvalue weighted by molar-refractivity contribution is 7.18. The van der Waals surface area contributed by atoms with Gasteiger partial charge in [-0.25, -0.2) is 4.98 Å². The Kier molecular flexibility index (Phi) is 6.12. The first-order valence-corrected chi connectivity index (χ1v) is 10.2. The van der Waals surface area contributed by atoms with Gasteiger partial charge in [-0.2, -0.15) is 0 Å². The van der Waals surface area contributed by atoms with Gasteiger partial charge >= 0.3 is 0 Å². The average Bonchev–Trinajstić information content (AvgIpc) is 2.95. The van der Waals surface area contributed by atoms with Gasteiger partial charge in [0.25, 0.3) is 5.56 Å². The third-order valence-electron chi connectivity index (χ3n) is 4.81. The molecular weight excluding hydrogens is 388 g/mol. The molecule has 0 aliphatic rings. The topological polar surface area (TPSA) is 95.2 Å². The molecule has 3 aromatic rings. The van der Waals surface area contributed by atoms with Crippen molar-refractivity contribution < 1.29 is 9.59 Å². The Bertz CT molecular complexity index is 1120. The van der Waals surface area contributed by atoms with Crippen molar-refractivity contribution in [1.29, 1.82) is 0 Å². The van der Waals surface area contributed by atoms with Crippen LogP contribution in [-0.4, -0.2) is 40.3 Å². The third kappa shape index (κ3) is 4.89. The van der Waals surface area contributed by atoms with Crippen molar-refractivity contribution in [3.63, 3.8) is 0 Å². The summed E-state index contributed by atoms with van der Waals surface area (Å²) < 4.78 is 0. The maximum atomic E-state index is 12.4. The van der Waals surface area contributed by atoms with E-state index in [1.54, 1.807) is 7.05 Å². The van der Waals surface area contributed by atoms with Gasteiger partial charge in [0.15, 0.2) is 0 Å². The van der Waals surface area contributed by atoms with Crippen LogP contribution in [0.5, 0.6) is 0 Å². The first-order chi connectivity index (χ1) is 13.7. The van der Waals surface area contributed by atoms with Crippen molar-refractivity contribution in [2.24, 2.45) is 0 Å². The Labute approximate surface area is 172 Å². The van der Waals surface area contributed by atoms with E-state index in [1.807, 2.05) is 45.0 Å². The van der Waals surface area contributed by atoms with Gasteiger partial charge in [0, 0.05) is 30.5 Å². The van der Waals surface area contributed by atoms with Gasteiger partial charge in [-0.3, -0.25) is 14.4 Å². The number of hydrogen-bond donors (Lipinski definition) is 2. The first kappa shape index (κ1) is 20.7. The predicted molar refractivity (Wildman–Crippen MR) is 115 cm³/mol. The molecule has 8 heteroatoms. The summed E-state index contributed by atoms with van der Waals surface area (Å²) in [5.74, 6) is 0.0298. The minimum absolute atomic E-state index is 0.0427. The van der Waals surface area contributed by atoms with Crippen LogP contribution in [0.2, 0.25) is 0 Å². The second-order valence-corrected chi connectivity index (χ2v) is 8.34. The monoisotopic (exact) mass is 412 g/mol. The van der Waals surface area contributed by atoms with Crippen LogP contribution in [0.1, 0.15) is 28.2 Å². The molecule has 7 nitrogen and oxygen atoms in total. The van der Waals surface area contributed by atoms with E-state index in [-0.39, 0.29) is 30.3 Å². The van der Waals surface area contributed by atoms with E-state index >= 15 is 0 Å². The number of aromatic amines is 1. The molecule has 2 N–H and O–H groups in total. The number of nitrogens with one attached hydrogen (secondary N) is 2. The smallest absolute Gasteiger partial charge is 0.259 e. The molecule has 0 atom stereocenters. The molecule has 3 rings (SSSR count). The number of carbonyl (C=O) groups excluding carboxylic acids is 2. The number of fused-ring (bicyclic) bond motifs is 1. The van der Waals surface area contributed by atoms with Crippen molar-refractivity contribution in [3.05, 3.63) is 56.4 Å². The van der Waals surface area contributed by atoms with Crippen LogP contribution in [0.4, 0.5) is 5.69 Å². The number of aryl methyl sites for hydroxylation is 4. The molecule has 2 heterocycles. The minimum Gasteiger partial charge on any atom is -0.336 e. The van der Waals surface area contributed by atoms with Crippen molar-refractivity contribution in [3.8, 4) is 0 Å². The number of aromatic nitrogens is 2. The van der Waals surface area contributed by atoms with E-state index in [2.05, 4.69) is 15.3 Å². The van der Waals surface area contributed by atoms with E-state index in [1.165, 1.54) is 16.2 Å². The Balaban J connectivity index is 1.57. The van der Waals surface area contributed by atoms with E-state index in [4.69, 9.17) is 0 Å². The van der Waals surface area contributed by atoms with E-state index in [0.29, 0.717) is 28.1 Å². The summed E-state index contributed by atoms with van der Waals surface area (Å²) in [6.45, 7) is 5.80. The molecule has 0 saturated heterocycles. The molecule has 0 unspecified atom stereocenters. The lowest BCUT2D eigenvalue weighted by Gasteiger charge is -2.16. The van der Waals surface area contributed by atoms with E-state index < -0.39 is 0 Å². The number of H-pyrrole nitrogens is 1. The fraction of sp³-hybridized carbons (Fsp3) is 0.333. The van der Waals surface area contributed by atoms with Crippen LogP contribution in [0, 0.1) is 20.8 Å². The zero-order chi connectivity index (χ0) is 21.1. The number of nitrogens with zero attached hydrogens (tertiary/aromatic N) is 2. The lowest BCUT2D eigenvalue weighted by molar-refractivity contribution is -0.133. The van der Waals surface area contributed by atoms with E-state index in [9.17, 15) is 14.4 Å². The van der Waals surface area contributed by atoms with Crippen LogP contribution in [0.3, 0.4) is 0 Å². The van der Waals surface area contributed by atoms with Crippen molar-refractivity contribution in [2.75, 3.05) is 18.9 Å². The zero-order valence-electron chi connectivity index (χ0n) is 17.0. The quantitative estimate of drug-likeness (QED) is 0.651. The number of amides is 2. The molecule has 1 aromatic carbocycles. The summed E-state index contributed by atoms with van der Waals surface area (Å²) in [6.07, 6.45) is 0.468. The van der Waals surface area contributed by atoms with Gasteiger partial charge in [0.2, 0.25) is 11.8 Å². The highest BCUT2D eigenvalue weighted by Crippen LogP contribution is 2.25. The summed E-state index contributed by atoms with van der Waals surface area (Å²) >= 11 is 1.48. The minimum atomic E-state index is -0.262. The maximum Gasteiger partial charge on any atom is 0.259 e. The molecule has 0 aliphatic carbocycles. The number of benzene rings is 1.